The van der Waals surface area contributed by atoms with E-state index in [2.05, 4.69) is 6.58 Å². The van der Waals surface area contributed by atoms with Crippen LogP contribution in [-0.4, -0.2) is 56.4 Å². The maximum Gasteiger partial charge on any atom is 0.334 e. The van der Waals surface area contributed by atoms with Gasteiger partial charge >= 0.3 is 5.97 Å². The van der Waals surface area contributed by atoms with Crippen LogP contribution in [0.25, 0.3) is 0 Å². The first-order valence-corrected chi connectivity index (χ1v) is 9.65. The zero-order chi connectivity index (χ0) is 19.3. The summed E-state index contributed by atoms with van der Waals surface area (Å²) >= 11 is 0. The van der Waals surface area contributed by atoms with Crippen LogP contribution in [0, 0.1) is 5.92 Å². The van der Waals surface area contributed by atoms with Gasteiger partial charge in [-0.15, -0.1) is 0 Å². The average Bonchev–Trinajstić information content (AvgIpc) is 2.95. The molecule has 3 aliphatic heterocycles. The molecule has 3 N–H and O–H groups in total. The normalized spacial score (nSPS) is 50.4. The van der Waals surface area contributed by atoms with E-state index in [0.29, 0.717) is 50.5 Å². The lowest BCUT2D eigenvalue weighted by Gasteiger charge is -2.37. The van der Waals surface area contributed by atoms with Gasteiger partial charge in [0.1, 0.15) is 5.60 Å². The summed E-state index contributed by atoms with van der Waals surface area (Å²) in [5.74, 6) is -0.729. The third kappa shape index (κ3) is 3.44. The van der Waals surface area contributed by atoms with Gasteiger partial charge in [0, 0.05) is 5.57 Å². The standard InChI is InChI=1S/C20H32O6/c1-12-13-5-9-19(3,26-17(12)23)14(21)6-8-18(2,24)16-7-10-20(4,25-16)15(22)11-13/h13-16,21-22,24H,1,5-11H2,2-4H3/t13-,14+,15+,16+,18+,19-,20-/m0/s1. The molecule has 7 atom stereocenters. The molecule has 0 unspecified atom stereocenters. The number of aliphatic hydroxyl groups excluding tert-OH is 2. The van der Waals surface area contributed by atoms with Crippen molar-refractivity contribution in [1.29, 1.82) is 0 Å². The van der Waals surface area contributed by atoms with Crippen LogP contribution in [0.5, 0.6) is 0 Å². The Morgan fingerprint density at radius 3 is 2.35 bits per heavy atom. The van der Waals surface area contributed by atoms with Gasteiger partial charge in [0.15, 0.2) is 0 Å². The molecule has 3 rings (SSSR count). The summed E-state index contributed by atoms with van der Waals surface area (Å²) in [6.45, 7) is 9.21. The first kappa shape index (κ1) is 19.8. The Morgan fingerprint density at radius 1 is 1.00 bits per heavy atom. The van der Waals surface area contributed by atoms with Crippen LogP contribution in [0.3, 0.4) is 0 Å². The van der Waals surface area contributed by atoms with Gasteiger partial charge in [0.2, 0.25) is 0 Å². The fourth-order valence-electron chi connectivity index (χ4n) is 4.58. The summed E-state index contributed by atoms with van der Waals surface area (Å²) in [6, 6.07) is 0. The highest BCUT2D eigenvalue weighted by Gasteiger charge is 2.50. The lowest BCUT2D eigenvalue weighted by Crippen LogP contribution is -2.47. The van der Waals surface area contributed by atoms with E-state index in [1.807, 2.05) is 6.92 Å². The summed E-state index contributed by atoms with van der Waals surface area (Å²) in [6.07, 6.45) is 1.30. The minimum absolute atomic E-state index is 0.215. The van der Waals surface area contributed by atoms with Crippen LogP contribution >= 0.6 is 0 Å². The molecule has 3 aliphatic rings. The molecule has 0 aromatic carbocycles. The second kappa shape index (κ2) is 6.59. The smallest absolute Gasteiger partial charge is 0.334 e. The number of ether oxygens (including phenoxy) is 2. The molecule has 3 saturated heterocycles. The molecule has 6 nitrogen and oxygen atoms in total. The van der Waals surface area contributed by atoms with Crippen molar-refractivity contribution in [3.05, 3.63) is 12.2 Å². The number of carbonyl (C=O) groups excluding carboxylic acids is 1. The summed E-state index contributed by atoms with van der Waals surface area (Å²) in [7, 11) is 0. The molecule has 6 heteroatoms. The van der Waals surface area contributed by atoms with Crippen LogP contribution in [0.2, 0.25) is 0 Å². The molecule has 3 heterocycles. The minimum atomic E-state index is -1.12. The second-order valence-electron chi connectivity index (χ2n) is 9.08. The van der Waals surface area contributed by atoms with Gasteiger partial charge < -0.3 is 24.8 Å². The summed E-state index contributed by atoms with van der Waals surface area (Å²) < 4.78 is 11.7. The largest absolute Gasteiger partial charge is 0.453 e. The lowest BCUT2D eigenvalue weighted by molar-refractivity contribution is -0.174. The lowest BCUT2D eigenvalue weighted by atomic mass is 9.80. The van der Waals surface area contributed by atoms with E-state index >= 15 is 0 Å². The zero-order valence-corrected chi connectivity index (χ0v) is 16.0. The summed E-state index contributed by atoms with van der Waals surface area (Å²) in [5.41, 5.74) is -2.55. The SMILES string of the molecule is C=C1C(=O)O[C@@]2(C)CC[C@H]1C[C@@H](O)[C@]1(C)CC[C@@H](O1)[C@](C)(O)CC[C@H]2O. The van der Waals surface area contributed by atoms with Gasteiger partial charge in [-0.2, -0.15) is 0 Å². The predicted octanol–water partition coefficient (Wildman–Crippen LogP) is 1.85. The molecule has 0 amide bonds. The Morgan fingerprint density at radius 2 is 1.65 bits per heavy atom. The molecule has 0 aromatic rings. The highest BCUT2D eigenvalue weighted by atomic mass is 16.6. The van der Waals surface area contributed by atoms with Crippen molar-refractivity contribution in [2.75, 3.05) is 0 Å². The number of aliphatic hydroxyl groups is 3. The third-order valence-corrected chi connectivity index (χ3v) is 6.92. The van der Waals surface area contributed by atoms with Crippen molar-refractivity contribution in [3.63, 3.8) is 0 Å². The van der Waals surface area contributed by atoms with Gasteiger partial charge in [-0.1, -0.05) is 6.58 Å². The Kier molecular flexibility index (Phi) is 5.02. The Hall–Kier alpha value is -0.950. The highest BCUT2D eigenvalue weighted by molar-refractivity contribution is 5.89. The van der Waals surface area contributed by atoms with Gasteiger partial charge in [0.05, 0.1) is 29.5 Å². The molecular weight excluding hydrogens is 336 g/mol. The van der Waals surface area contributed by atoms with Crippen molar-refractivity contribution in [1.82, 2.24) is 0 Å². The van der Waals surface area contributed by atoms with E-state index in [1.165, 1.54) is 0 Å². The fraction of sp³-hybridized carbons (Fsp3) is 0.850. The van der Waals surface area contributed by atoms with Gasteiger partial charge in [-0.25, -0.2) is 4.79 Å². The van der Waals surface area contributed by atoms with E-state index < -0.39 is 41.1 Å². The predicted molar refractivity (Wildman–Crippen MR) is 95.4 cm³/mol. The number of rotatable bonds is 0. The number of esters is 1. The minimum Gasteiger partial charge on any atom is -0.453 e. The van der Waals surface area contributed by atoms with E-state index in [-0.39, 0.29) is 5.92 Å². The maximum atomic E-state index is 12.5. The van der Waals surface area contributed by atoms with E-state index in [1.54, 1.807) is 13.8 Å². The molecule has 0 aromatic heterocycles. The molecular formula is C20H32O6. The summed E-state index contributed by atoms with van der Waals surface area (Å²) in [4.78, 5) is 12.5. The van der Waals surface area contributed by atoms with Crippen molar-refractivity contribution >= 4 is 5.97 Å². The van der Waals surface area contributed by atoms with Gasteiger partial charge in [-0.05, 0) is 71.6 Å². The van der Waals surface area contributed by atoms with Gasteiger partial charge in [0.25, 0.3) is 0 Å². The first-order chi connectivity index (χ1) is 12.0. The molecule has 0 saturated carbocycles. The molecule has 3 fully saturated rings. The monoisotopic (exact) mass is 368 g/mol. The van der Waals surface area contributed by atoms with Crippen LogP contribution in [0.15, 0.2) is 12.2 Å². The number of fused-ring (bicyclic) bond motifs is 5. The number of hydrogen-bond donors (Lipinski definition) is 3. The first-order valence-electron chi connectivity index (χ1n) is 9.65. The molecule has 4 bridgehead atoms. The number of carbonyl (C=O) groups is 1. The van der Waals surface area contributed by atoms with Crippen LogP contribution in [0.4, 0.5) is 0 Å². The van der Waals surface area contributed by atoms with Crippen LogP contribution in [0.1, 0.15) is 65.7 Å². The molecule has 148 valence electrons. The molecule has 26 heavy (non-hydrogen) atoms. The van der Waals surface area contributed by atoms with Crippen molar-refractivity contribution in [2.45, 2.75) is 101 Å². The molecule has 0 aliphatic carbocycles. The molecule has 0 spiro atoms. The third-order valence-electron chi connectivity index (χ3n) is 6.92. The van der Waals surface area contributed by atoms with Crippen LogP contribution in [-0.2, 0) is 14.3 Å². The Labute approximate surface area is 155 Å². The van der Waals surface area contributed by atoms with E-state index in [9.17, 15) is 20.1 Å². The van der Waals surface area contributed by atoms with Crippen LogP contribution < -0.4 is 0 Å². The fourth-order valence-corrected chi connectivity index (χ4v) is 4.58. The van der Waals surface area contributed by atoms with Gasteiger partial charge in [-0.3, -0.25) is 0 Å². The highest BCUT2D eigenvalue weighted by Crippen LogP contribution is 2.44. The van der Waals surface area contributed by atoms with Crippen molar-refractivity contribution in [3.8, 4) is 0 Å². The molecule has 0 radical (unpaired) electrons. The number of hydrogen-bond acceptors (Lipinski definition) is 6. The van der Waals surface area contributed by atoms with E-state index in [0.717, 1.165) is 0 Å². The topological polar surface area (TPSA) is 96.2 Å². The zero-order valence-electron chi connectivity index (χ0n) is 16.0. The second-order valence-corrected chi connectivity index (χ2v) is 9.08. The maximum absolute atomic E-state index is 12.5. The van der Waals surface area contributed by atoms with Crippen molar-refractivity contribution < 1.29 is 29.6 Å². The Bertz CT molecular complexity index is 587. The Balaban J connectivity index is 1.95. The average molecular weight is 368 g/mol. The van der Waals surface area contributed by atoms with Crippen molar-refractivity contribution in [2.24, 2.45) is 5.92 Å². The summed E-state index contributed by atoms with van der Waals surface area (Å²) in [5, 5.41) is 32.5. The van der Waals surface area contributed by atoms with E-state index in [4.69, 9.17) is 9.47 Å². The quantitative estimate of drug-likeness (QED) is 0.446.